The van der Waals surface area contributed by atoms with E-state index in [1.165, 1.54) is 29.5 Å². The number of rotatable bonds is 6. The minimum absolute atomic E-state index is 0.182. The molecule has 0 aliphatic rings. The first-order valence-electron chi connectivity index (χ1n) is 6.17. The molecule has 0 saturated carbocycles. The van der Waals surface area contributed by atoms with Crippen LogP contribution in [0.15, 0.2) is 36.9 Å². The third kappa shape index (κ3) is 3.78. The van der Waals surface area contributed by atoms with Gasteiger partial charge in [-0.3, -0.25) is 4.79 Å². The van der Waals surface area contributed by atoms with E-state index in [0.29, 0.717) is 12.3 Å². The van der Waals surface area contributed by atoms with Gasteiger partial charge in [0, 0.05) is 6.07 Å². The van der Waals surface area contributed by atoms with E-state index >= 15 is 0 Å². The lowest BCUT2D eigenvalue weighted by atomic mass is 10.3. The van der Waals surface area contributed by atoms with Crippen LogP contribution in [0.25, 0.3) is 0 Å². The fraction of sp³-hybridized carbons (Fsp3) is 0.308. The summed E-state index contributed by atoms with van der Waals surface area (Å²) in [6.45, 7) is 2.31. The van der Waals surface area contributed by atoms with Crippen molar-refractivity contribution in [1.82, 2.24) is 20.1 Å². The summed E-state index contributed by atoms with van der Waals surface area (Å²) >= 11 is 0. The molecule has 0 aliphatic carbocycles. The van der Waals surface area contributed by atoms with Crippen molar-refractivity contribution in [2.45, 2.75) is 13.0 Å². The number of amides is 1. The number of aromatic nitrogens is 3. The zero-order valence-electron chi connectivity index (χ0n) is 11.0. The minimum Gasteiger partial charge on any atom is -0.492 e. The molecule has 1 aromatic heterocycles. The molecule has 0 aliphatic heterocycles. The number of carbonyl (C=O) groups is 1. The molecular formula is C13H15FN4O2. The number of benzene rings is 1. The smallest absolute Gasteiger partial charge is 0.244 e. The van der Waals surface area contributed by atoms with Crippen LogP contribution in [-0.4, -0.2) is 33.8 Å². The third-order valence-electron chi connectivity index (χ3n) is 2.68. The van der Waals surface area contributed by atoms with Gasteiger partial charge in [0.25, 0.3) is 0 Å². The molecule has 1 unspecified atom stereocenters. The lowest BCUT2D eigenvalue weighted by Crippen LogP contribution is -2.34. The van der Waals surface area contributed by atoms with Gasteiger partial charge >= 0.3 is 0 Å². The van der Waals surface area contributed by atoms with Crippen molar-refractivity contribution < 1.29 is 13.9 Å². The van der Waals surface area contributed by atoms with Crippen LogP contribution in [0.5, 0.6) is 5.75 Å². The molecule has 0 spiro atoms. The van der Waals surface area contributed by atoms with Crippen LogP contribution in [0.3, 0.4) is 0 Å². The Bertz CT molecular complexity index is 559. The van der Waals surface area contributed by atoms with E-state index in [1.807, 2.05) is 0 Å². The summed E-state index contributed by atoms with van der Waals surface area (Å²) in [5.74, 6) is -0.103. The standard InChI is InChI=1S/C13H15FN4O2/c1-10(18-9-15-8-17-18)13(19)16-5-6-20-12-4-2-3-11(14)7-12/h2-4,7-10H,5-6H2,1H3,(H,16,19). The van der Waals surface area contributed by atoms with E-state index in [-0.39, 0.29) is 18.3 Å². The lowest BCUT2D eigenvalue weighted by molar-refractivity contribution is -0.124. The Morgan fingerprint density at radius 2 is 2.40 bits per heavy atom. The zero-order chi connectivity index (χ0) is 14.4. The maximum Gasteiger partial charge on any atom is 0.244 e. The highest BCUT2D eigenvalue weighted by atomic mass is 19.1. The maximum absolute atomic E-state index is 12.9. The van der Waals surface area contributed by atoms with Crippen molar-refractivity contribution in [3.8, 4) is 5.75 Å². The number of nitrogens with one attached hydrogen (secondary N) is 1. The fourth-order valence-corrected chi connectivity index (χ4v) is 1.59. The second-order valence-corrected chi connectivity index (χ2v) is 4.15. The topological polar surface area (TPSA) is 69.0 Å². The molecular weight excluding hydrogens is 263 g/mol. The molecule has 1 aromatic carbocycles. The zero-order valence-corrected chi connectivity index (χ0v) is 11.0. The van der Waals surface area contributed by atoms with E-state index < -0.39 is 6.04 Å². The molecule has 6 nitrogen and oxygen atoms in total. The Balaban J connectivity index is 1.72. The van der Waals surface area contributed by atoms with Crippen LogP contribution >= 0.6 is 0 Å². The number of carbonyl (C=O) groups excluding carboxylic acids is 1. The monoisotopic (exact) mass is 278 g/mol. The number of halogens is 1. The largest absolute Gasteiger partial charge is 0.492 e. The quantitative estimate of drug-likeness (QED) is 0.805. The van der Waals surface area contributed by atoms with Crippen molar-refractivity contribution in [2.24, 2.45) is 0 Å². The van der Waals surface area contributed by atoms with Crippen LogP contribution in [0.2, 0.25) is 0 Å². The third-order valence-corrected chi connectivity index (χ3v) is 2.68. The van der Waals surface area contributed by atoms with Gasteiger partial charge in [0.15, 0.2) is 0 Å². The molecule has 1 amide bonds. The molecule has 1 heterocycles. The fourth-order valence-electron chi connectivity index (χ4n) is 1.59. The maximum atomic E-state index is 12.9. The molecule has 0 saturated heterocycles. The van der Waals surface area contributed by atoms with Crippen molar-refractivity contribution >= 4 is 5.91 Å². The van der Waals surface area contributed by atoms with Gasteiger partial charge in [-0.1, -0.05) is 6.07 Å². The molecule has 0 bridgehead atoms. The first-order chi connectivity index (χ1) is 9.66. The molecule has 0 fully saturated rings. The van der Waals surface area contributed by atoms with Crippen LogP contribution in [0, 0.1) is 5.82 Å². The van der Waals surface area contributed by atoms with Gasteiger partial charge in [-0.2, -0.15) is 5.10 Å². The van der Waals surface area contributed by atoms with Crippen molar-refractivity contribution in [2.75, 3.05) is 13.2 Å². The van der Waals surface area contributed by atoms with E-state index in [1.54, 1.807) is 19.1 Å². The van der Waals surface area contributed by atoms with Crippen LogP contribution in [-0.2, 0) is 4.79 Å². The summed E-state index contributed by atoms with van der Waals surface area (Å²) in [6.07, 6.45) is 2.85. The first kappa shape index (κ1) is 14.0. The van der Waals surface area contributed by atoms with Crippen molar-refractivity contribution in [1.29, 1.82) is 0 Å². The molecule has 2 rings (SSSR count). The Morgan fingerprint density at radius 1 is 1.55 bits per heavy atom. The Labute approximate surface area is 115 Å². The molecule has 2 aromatic rings. The highest BCUT2D eigenvalue weighted by molar-refractivity contribution is 5.79. The number of nitrogens with zero attached hydrogens (tertiary/aromatic N) is 3. The van der Waals surface area contributed by atoms with Crippen molar-refractivity contribution in [3.63, 3.8) is 0 Å². The second-order valence-electron chi connectivity index (χ2n) is 4.15. The summed E-state index contributed by atoms with van der Waals surface area (Å²) in [6, 6.07) is 5.42. The number of ether oxygens (including phenoxy) is 1. The molecule has 7 heteroatoms. The van der Waals surface area contributed by atoms with Gasteiger partial charge in [0.05, 0.1) is 6.54 Å². The van der Waals surface area contributed by atoms with Gasteiger partial charge in [-0.05, 0) is 19.1 Å². The summed E-state index contributed by atoms with van der Waals surface area (Å²) in [5.41, 5.74) is 0. The number of hydrogen-bond acceptors (Lipinski definition) is 4. The van der Waals surface area contributed by atoms with E-state index in [4.69, 9.17) is 4.74 Å². The molecule has 20 heavy (non-hydrogen) atoms. The SMILES string of the molecule is CC(C(=O)NCCOc1cccc(F)c1)n1cncn1. The van der Waals surface area contributed by atoms with E-state index in [0.717, 1.165) is 0 Å². The predicted molar refractivity (Wildman–Crippen MR) is 69.6 cm³/mol. The number of hydrogen-bond donors (Lipinski definition) is 1. The van der Waals surface area contributed by atoms with Gasteiger partial charge in [-0.25, -0.2) is 14.1 Å². The van der Waals surface area contributed by atoms with E-state index in [9.17, 15) is 9.18 Å². The predicted octanol–water partition coefficient (Wildman–Crippen LogP) is 1.17. The van der Waals surface area contributed by atoms with Crippen molar-refractivity contribution in [3.05, 3.63) is 42.7 Å². The Hall–Kier alpha value is -2.44. The summed E-state index contributed by atoms with van der Waals surface area (Å²) < 4.78 is 19.7. The average Bonchev–Trinajstić information content (AvgIpc) is 2.96. The van der Waals surface area contributed by atoms with Crippen LogP contribution in [0.1, 0.15) is 13.0 Å². The van der Waals surface area contributed by atoms with Gasteiger partial charge in [-0.15, -0.1) is 0 Å². The summed E-state index contributed by atoms with van der Waals surface area (Å²) in [5, 5.41) is 6.60. The van der Waals surface area contributed by atoms with E-state index in [2.05, 4.69) is 15.4 Å². The second kappa shape index (κ2) is 6.65. The Kier molecular flexibility index (Phi) is 4.65. The van der Waals surface area contributed by atoms with Crippen LogP contribution < -0.4 is 10.1 Å². The minimum atomic E-state index is -0.438. The van der Waals surface area contributed by atoms with Gasteiger partial charge in [0.1, 0.15) is 36.9 Å². The van der Waals surface area contributed by atoms with Gasteiger partial charge < -0.3 is 10.1 Å². The lowest BCUT2D eigenvalue weighted by Gasteiger charge is -2.12. The average molecular weight is 278 g/mol. The van der Waals surface area contributed by atoms with Crippen LogP contribution in [0.4, 0.5) is 4.39 Å². The molecule has 1 N–H and O–H groups in total. The van der Waals surface area contributed by atoms with Gasteiger partial charge in [0.2, 0.25) is 5.91 Å². The molecule has 106 valence electrons. The molecule has 1 atom stereocenters. The summed E-state index contributed by atoms with van der Waals surface area (Å²) in [4.78, 5) is 15.6. The molecule has 0 radical (unpaired) electrons. The summed E-state index contributed by atoms with van der Waals surface area (Å²) in [7, 11) is 0. The Morgan fingerprint density at radius 3 is 3.10 bits per heavy atom. The first-order valence-corrected chi connectivity index (χ1v) is 6.17. The highest BCUT2D eigenvalue weighted by Crippen LogP contribution is 2.11. The highest BCUT2D eigenvalue weighted by Gasteiger charge is 2.14. The normalized spacial score (nSPS) is 11.9.